The first kappa shape index (κ1) is 167. The Morgan fingerprint density at radius 1 is 0.311 bits per heavy atom. The van der Waals surface area contributed by atoms with Crippen LogP contribution in [0.2, 0.25) is 0 Å². The Hall–Kier alpha value is -2.25. The minimum Gasteiger partial charge on any atom is -0.377 e. The zero-order chi connectivity index (χ0) is 92.1. The van der Waals surface area contributed by atoms with Gasteiger partial charge in [-0.15, -0.1) is 0 Å². The van der Waals surface area contributed by atoms with Crippen LogP contribution in [0, 0.1) is 17.3 Å². The van der Waals surface area contributed by atoms with Gasteiger partial charge in [-0.1, -0.05) is 431 Å². The molecule has 6 nitrogen and oxygen atoms in total. The molecule has 6 aromatic rings. The van der Waals surface area contributed by atoms with E-state index in [1.165, 1.54) is 91.5 Å². The van der Waals surface area contributed by atoms with Gasteiger partial charge in [0.25, 0.3) is 0 Å². The molecular weight excluding hydrogens is 1990 g/mol. The molecule has 0 N–H and O–H groups in total. The number of piperidine rings is 1. The number of nitrogens with zero attached hydrogens (tertiary/aromatic N) is 6. The van der Waals surface area contributed by atoms with E-state index in [1.807, 2.05) is 255 Å². The fourth-order valence-electron chi connectivity index (χ4n) is 11.9. The van der Waals surface area contributed by atoms with Gasteiger partial charge in [0.2, 0.25) is 0 Å². The van der Waals surface area contributed by atoms with Crippen molar-refractivity contribution in [3.05, 3.63) is 178 Å². The van der Waals surface area contributed by atoms with Gasteiger partial charge in [0.05, 0.1) is 0 Å². The van der Waals surface area contributed by atoms with Gasteiger partial charge in [-0.3, -0.25) is 0 Å². The molecule has 7 rings (SSSR count). The van der Waals surface area contributed by atoms with Crippen molar-refractivity contribution in [1.29, 1.82) is 0 Å². The third-order valence-electron chi connectivity index (χ3n) is 17.0. The van der Waals surface area contributed by atoms with Crippen molar-refractivity contribution in [1.82, 2.24) is 0 Å². The lowest BCUT2D eigenvalue weighted by Gasteiger charge is -2.50. The van der Waals surface area contributed by atoms with Gasteiger partial charge in [0.1, 0.15) is 0 Å². The van der Waals surface area contributed by atoms with Crippen LogP contribution in [-0.4, -0.2) is 81.6 Å². The van der Waals surface area contributed by atoms with Gasteiger partial charge < -0.3 is 29.4 Å². The largest absolute Gasteiger partial charge is 0.377 e. The van der Waals surface area contributed by atoms with E-state index in [4.69, 9.17) is 0 Å². The Labute approximate surface area is 817 Å². The second kappa shape index (κ2) is 131. The maximum atomic E-state index is 2.91. The van der Waals surface area contributed by atoms with Crippen molar-refractivity contribution in [2.45, 2.75) is 386 Å². The summed E-state index contributed by atoms with van der Waals surface area (Å²) in [5, 5.41) is 0. The van der Waals surface area contributed by atoms with Gasteiger partial charge in [-0.2, -0.15) is 0 Å². The lowest BCUT2D eigenvalue weighted by Crippen LogP contribution is -2.53. The molecule has 0 aromatic heterocycles. The first-order chi connectivity index (χ1) is 55.0. The van der Waals surface area contributed by atoms with Crippen LogP contribution in [0.4, 0.5) is 34.1 Å². The Kier molecular flexibility index (Phi) is 184. The predicted molar refractivity (Wildman–Crippen MR) is 623 cm³/mol. The first-order valence-electron chi connectivity index (χ1n) is 45.2. The van der Waals surface area contributed by atoms with Gasteiger partial charge >= 0.3 is 0 Å². The molecule has 1 fully saturated rings. The molecule has 1 aliphatic heterocycles. The average Bonchev–Trinajstić information content (AvgIpc) is 0.775. The molecular formula is C107H218Br3I3N6. The van der Waals surface area contributed by atoms with E-state index in [9.17, 15) is 0 Å². The fourth-order valence-corrected chi connectivity index (χ4v) is 11.9. The van der Waals surface area contributed by atoms with Crippen molar-refractivity contribution in [2.24, 2.45) is 17.3 Å². The molecule has 718 valence electrons. The average molecular weight is 2210 g/mol. The fraction of sp³-hybridized carbons (Fsp3) is 0.664. The highest BCUT2D eigenvalue weighted by atomic mass is 127. The Morgan fingerprint density at radius 2 is 0.555 bits per heavy atom. The van der Waals surface area contributed by atoms with E-state index in [2.05, 4.69) is 326 Å². The smallest absolute Gasteiger partial charge is 0.0425 e. The van der Waals surface area contributed by atoms with Crippen molar-refractivity contribution in [3.8, 4) is 0 Å². The van der Waals surface area contributed by atoms with Crippen LogP contribution in [0.25, 0.3) is 0 Å². The van der Waals surface area contributed by atoms with Crippen LogP contribution in [0.3, 0.4) is 0 Å². The third kappa shape index (κ3) is 73.5. The summed E-state index contributed by atoms with van der Waals surface area (Å²) in [6.45, 7) is 90.2. The minimum atomic E-state index is 0. The second-order valence-electron chi connectivity index (χ2n) is 22.9. The van der Waals surface area contributed by atoms with Crippen molar-refractivity contribution < 1.29 is 0 Å². The van der Waals surface area contributed by atoms with Crippen molar-refractivity contribution >= 4 is 133 Å². The minimum absolute atomic E-state index is 0. The quantitative estimate of drug-likeness (QED) is 0.0627. The molecule has 2 atom stereocenters. The summed E-state index contributed by atoms with van der Waals surface area (Å²) >= 11 is 14.6. The van der Waals surface area contributed by atoms with E-state index in [0.717, 1.165) is 90.6 Å². The predicted octanol–water partition coefficient (Wildman–Crippen LogP) is 40.7. The van der Waals surface area contributed by atoms with E-state index in [-0.39, 0.29) is 44.6 Å². The van der Waals surface area contributed by atoms with Crippen LogP contribution in [0.1, 0.15) is 379 Å². The highest BCUT2D eigenvalue weighted by Crippen LogP contribution is 2.43. The maximum absolute atomic E-state index is 2.91. The number of para-hydroxylation sites is 6. The molecule has 0 aliphatic carbocycles. The molecule has 119 heavy (non-hydrogen) atoms. The molecule has 1 heterocycles. The van der Waals surface area contributed by atoms with Crippen LogP contribution in [-0.2, 0) is 51.4 Å². The number of hydrogen-bond acceptors (Lipinski definition) is 6. The molecule has 0 amide bonds. The standard InChI is InChI=1S/C26H38N2.C23H34N2.2C12H19N.14C2H6.6CH4.3BrI/c1-7-21-13-9-11-15-24(21)27(6)18-23-19-28(17-20(3)26(23,4)5)25-16-12-10-14-22(25)8-2;1-5-17-25(23-16-11-9-14-21(23)7-3)19-12-18-24(4)22-15-10-8-13-20(22)6-2;2*1-5-10-8-7-9-11(6-2)12(10)13(3)4;14*1-2;;;;;;;3*1-2/h9-16,20,23H,7-8,17-19H2,1-6H3;8-11,13-16H,5-7,12,17-19H2,1-4H3;2*7-9H,5-6H2,1-4H3;14*1-2H3;6*1H4;;;. The van der Waals surface area contributed by atoms with E-state index in [1.54, 1.807) is 0 Å². The topological polar surface area (TPSA) is 19.4 Å². The summed E-state index contributed by atoms with van der Waals surface area (Å²) in [7, 11) is 13.0. The number of benzene rings is 6. The molecule has 0 bridgehead atoms. The monoisotopic (exact) mass is 2210 g/mol. The van der Waals surface area contributed by atoms with Gasteiger partial charge in [-0.05, 0) is 188 Å². The number of aryl methyl sites for hydroxylation is 8. The first-order valence-corrected chi connectivity index (χ1v) is 59.7. The van der Waals surface area contributed by atoms with Crippen molar-refractivity contribution in [3.63, 3.8) is 0 Å². The van der Waals surface area contributed by atoms with E-state index >= 15 is 0 Å². The lowest BCUT2D eigenvalue weighted by molar-refractivity contribution is 0.107. The van der Waals surface area contributed by atoms with Crippen LogP contribution in [0.5, 0.6) is 0 Å². The number of hydrogen-bond donors (Lipinski definition) is 0. The third-order valence-corrected chi connectivity index (χ3v) is 17.0. The zero-order valence-corrected chi connectivity index (χ0v) is 94.9. The number of rotatable bonds is 22. The molecule has 2 unspecified atom stereocenters. The highest BCUT2D eigenvalue weighted by molar-refractivity contribution is 14.2. The summed E-state index contributed by atoms with van der Waals surface area (Å²) < 4.78 is 0. The Balaban J connectivity index is -0.0000000548. The summed E-state index contributed by atoms with van der Waals surface area (Å²) in [5.41, 5.74) is 20.4. The Bertz CT molecular complexity index is 2600. The number of halogens is 6. The summed E-state index contributed by atoms with van der Waals surface area (Å²) in [5.74, 6) is 1.28. The molecule has 1 aliphatic rings. The maximum Gasteiger partial charge on any atom is 0.0425 e. The molecule has 1 saturated heterocycles. The molecule has 0 spiro atoms. The van der Waals surface area contributed by atoms with Gasteiger partial charge in [0, 0.05) is 177 Å². The summed E-state index contributed by atoms with van der Waals surface area (Å²) in [6.07, 6.45) is 11.2. The second-order valence-corrected chi connectivity index (χ2v) is 22.9. The van der Waals surface area contributed by atoms with E-state index in [0.29, 0.717) is 17.3 Å². The van der Waals surface area contributed by atoms with Gasteiger partial charge in [0.15, 0.2) is 0 Å². The number of anilines is 6. The van der Waals surface area contributed by atoms with E-state index < -0.39 is 0 Å². The summed E-state index contributed by atoms with van der Waals surface area (Å²) in [6, 6.07) is 48.7. The molecule has 0 radical (unpaired) electrons. The SMILES string of the molecule is BrI.BrI.BrI.C.C.C.C.C.C.CC.CC.CC.CC.CC.CC.CC.CC.CC.CC.CC.CC.CC.CC.CCCN(CCCN(C)c1ccccc1CC)c1ccccc1CC.CCc1cccc(CC)c1N(C)C.CCc1cccc(CC)c1N(C)C.CCc1ccccc1N(C)CC1CN(c2ccccc2CC)CC(C)C1(C)C. The van der Waals surface area contributed by atoms with Crippen LogP contribution < -0.4 is 29.4 Å². The normalized spacial score (nSPS) is 10.4. The van der Waals surface area contributed by atoms with Gasteiger partial charge in [-0.25, -0.2) is 0 Å². The molecule has 6 aromatic carbocycles. The van der Waals surface area contributed by atoms with Crippen LogP contribution in [0.15, 0.2) is 133 Å². The molecule has 12 heteroatoms. The summed E-state index contributed by atoms with van der Waals surface area (Å²) in [4.78, 5) is 14.6. The lowest BCUT2D eigenvalue weighted by atomic mass is 9.66. The highest BCUT2D eigenvalue weighted by Gasteiger charge is 2.41. The zero-order valence-electron chi connectivity index (χ0n) is 83.6. The molecule has 0 saturated carbocycles. The Morgan fingerprint density at radius 3 is 0.832 bits per heavy atom. The van der Waals surface area contributed by atoms with Crippen molar-refractivity contribution in [2.75, 3.05) is 111 Å². The van der Waals surface area contributed by atoms with Crippen LogP contribution >= 0.6 is 99.2 Å².